The lowest BCUT2D eigenvalue weighted by molar-refractivity contribution is -0.136. The topological polar surface area (TPSA) is 76.2 Å². The third-order valence-electron chi connectivity index (χ3n) is 1.69. The van der Waals surface area contributed by atoms with Crippen molar-refractivity contribution in [2.24, 2.45) is 0 Å². The standard InChI is InChI=1S/C8H7BrF2N2O2/c9-7-3(2-6(14)15)4(8(10)11)1-5(12)13-7/h1,8H,2H2,(H2,12,13)(H,14,15). The molecule has 7 heteroatoms. The van der Waals surface area contributed by atoms with Crippen molar-refractivity contribution in [3.05, 3.63) is 21.8 Å². The van der Waals surface area contributed by atoms with Crippen LogP contribution in [0.5, 0.6) is 0 Å². The highest BCUT2D eigenvalue weighted by atomic mass is 79.9. The van der Waals surface area contributed by atoms with E-state index in [1.807, 2.05) is 0 Å². The van der Waals surface area contributed by atoms with E-state index in [1.54, 1.807) is 0 Å². The Balaban J connectivity index is 3.26. The van der Waals surface area contributed by atoms with E-state index in [4.69, 9.17) is 10.8 Å². The molecule has 0 spiro atoms. The molecule has 0 aromatic carbocycles. The van der Waals surface area contributed by atoms with Crippen molar-refractivity contribution >= 4 is 27.7 Å². The Morgan fingerprint density at radius 3 is 2.73 bits per heavy atom. The summed E-state index contributed by atoms with van der Waals surface area (Å²) in [5.41, 5.74) is 4.82. The summed E-state index contributed by atoms with van der Waals surface area (Å²) in [7, 11) is 0. The summed E-state index contributed by atoms with van der Waals surface area (Å²) in [6.45, 7) is 0. The fourth-order valence-corrected chi connectivity index (χ4v) is 1.67. The highest BCUT2D eigenvalue weighted by Gasteiger charge is 2.19. The Labute approximate surface area is 92.2 Å². The zero-order valence-corrected chi connectivity index (χ0v) is 8.96. The van der Waals surface area contributed by atoms with E-state index < -0.39 is 24.4 Å². The van der Waals surface area contributed by atoms with Crippen LogP contribution >= 0.6 is 15.9 Å². The number of alkyl halides is 2. The van der Waals surface area contributed by atoms with Gasteiger partial charge in [0.25, 0.3) is 6.43 Å². The second-order valence-corrected chi connectivity index (χ2v) is 3.53. The van der Waals surface area contributed by atoms with E-state index in [1.165, 1.54) is 0 Å². The second-order valence-electron chi connectivity index (χ2n) is 2.78. The molecule has 15 heavy (non-hydrogen) atoms. The quantitative estimate of drug-likeness (QED) is 0.831. The lowest BCUT2D eigenvalue weighted by Gasteiger charge is -2.09. The Bertz CT molecular complexity index is 398. The van der Waals surface area contributed by atoms with Crippen molar-refractivity contribution in [3.8, 4) is 0 Å². The molecule has 0 saturated heterocycles. The van der Waals surface area contributed by atoms with Gasteiger partial charge in [-0.15, -0.1) is 0 Å². The molecule has 3 N–H and O–H groups in total. The Morgan fingerprint density at radius 1 is 1.67 bits per heavy atom. The molecule has 82 valence electrons. The largest absolute Gasteiger partial charge is 0.481 e. The first-order chi connectivity index (χ1) is 6.91. The zero-order chi connectivity index (χ0) is 11.6. The molecule has 0 bridgehead atoms. The maximum absolute atomic E-state index is 12.5. The third kappa shape index (κ3) is 2.85. The monoisotopic (exact) mass is 280 g/mol. The van der Waals surface area contributed by atoms with Gasteiger partial charge in [0.2, 0.25) is 0 Å². The van der Waals surface area contributed by atoms with E-state index in [9.17, 15) is 13.6 Å². The van der Waals surface area contributed by atoms with Gasteiger partial charge in [-0.3, -0.25) is 4.79 Å². The number of pyridine rings is 1. The van der Waals surface area contributed by atoms with E-state index in [0.717, 1.165) is 6.07 Å². The normalized spacial score (nSPS) is 10.7. The van der Waals surface area contributed by atoms with Gasteiger partial charge in [0, 0.05) is 11.1 Å². The van der Waals surface area contributed by atoms with Gasteiger partial charge in [0.05, 0.1) is 6.42 Å². The average molecular weight is 281 g/mol. The minimum Gasteiger partial charge on any atom is -0.481 e. The van der Waals surface area contributed by atoms with Gasteiger partial charge in [-0.25, -0.2) is 13.8 Å². The Hall–Kier alpha value is -1.24. The number of aliphatic carboxylic acids is 1. The number of rotatable bonds is 3. The van der Waals surface area contributed by atoms with Gasteiger partial charge >= 0.3 is 5.97 Å². The number of carboxylic acids is 1. The van der Waals surface area contributed by atoms with Crippen LogP contribution in [-0.2, 0) is 11.2 Å². The highest BCUT2D eigenvalue weighted by Crippen LogP contribution is 2.29. The summed E-state index contributed by atoms with van der Waals surface area (Å²) in [4.78, 5) is 14.1. The molecular weight excluding hydrogens is 274 g/mol. The average Bonchev–Trinajstić information content (AvgIpc) is 2.08. The van der Waals surface area contributed by atoms with Crippen molar-refractivity contribution in [2.75, 3.05) is 5.73 Å². The van der Waals surface area contributed by atoms with Crippen LogP contribution in [0.3, 0.4) is 0 Å². The van der Waals surface area contributed by atoms with Crippen LogP contribution in [0.2, 0.25) is 0 Å². The summed E-state index contributed by atoms with van der Waals surface area (Å²) < 4.78 is 25.1. The molecule has 1 aromatic heterocycles. The Kier molecular flexibility index (Phi) is 3.57. The predicted molar refractivity (Wildman–Crippen MR) is 52.6 cm³/mol. The molecule has 0 fully saturated rings. The molecule has 0 radical (unpaired) electrons. The van der Waals surface area contributed by atoms with Gasteiger partial charge in [0.1, 0.15) is 10.4 Å². The highest BCUT2D eigenvalue weighted by molar-refractivity contribution is 9.10. The maximum atomic E-state index is 12.5. The molecule has 0 saturated carbocycles. The molecular formula is C8H7BrF2N2O2. The van der Waals surface area contributed by atoms with E-state index >= 15 is 0 Å². The number of hydrogen-bond acceptors (Lipinski definition) is 3. The van der Waals surface area contributed by atoms with Crippen molar-refractivity contribution in [1.82, 2.24) is 4.98 Å². The molecule has 0 unspecified atom stereocenters. The van der Waals surface area contributed by atoms with Crippen LogP contribution < -0.4 is 5.73 Å². The van der Waals surface area contributed by atoms with Crippen LogP contribution in [0, 0.1) is 0 Å². The van der Waals surface area contributed by atoms with Crippen LogP contribution in [0.25, 0.3) is 0 Å². The Morgan fingerprint density at radius 2 is 2.27 bits per heavy atom. The van der Waals surface area contributed by atoms with Crippen LogP contribution in [0.4, 0.5) is 14.6 Å². The number of nitrogen functional groups attached to an aromatic ring is 1. The van der Waals surface area contributed by atoms with Crippen molar-refractivity contribution in [2.45, 2.75) is 12.8 Å². The third-order valence-corrected chi connectivity index (χ3v) is 2.35. The number of aromatic nitrogens is 1. The van der Waals surface area contributed by atoms with Crippen molar-refractivity contribution < 1.29 is 18.7 Å². The molecule has 0 atom stereocenters. The van der Waals surface area contributed by atoms with Gasteiger partial charge in [0.15, 0.2) is 0 Å². The minimum atomic E-state index is -2.78. The summed E-state index contributed by atoms with van der Waals surface area (Å²) in [5, 5.41) is 8.54. The maximum Gasteiger partial charge on any atom is 0.307 e. The first-order valence-electron chi connectivity index (χ1n) is 3.86. The second kappa shape index (κ2) is 4.52. The number of carbonyl (C=O) groups is 1. The minimum absolute atomic E-state index is 0.0419. The first-order valence-corrected chi connectivity index (χ1v) is 4.66. The SMILES string of the molecule is Nc1cc(C(F)F)c(CC(=O)O)c(Br)n1. The van der Waals surface area contributed by atoms with Crippen LogP contribution in [0.1, 0.15) is 17.6 Å². The molecule has 0 aliphatic heterocycles. The smallest absolute Gasteiger partial charge is 0.307 e. The van der Waals surface area contributed by atoms with Gasteiger partial charge in [-0.2, -0.15) is 0 Å². The summed E-state index contributed by atoms with van der Waals surface area (Å²) in [5.74, 6) is -1.28. The first kappa shape index (κ1) is 11.8. The van der Waals surface area contributed by atoms with E-state index in [2.05, 4.69) is 20.9 Å². The molecule has 0 aliphatic carbocycles. The summed E-state index contributed by atoms with van der Waals surface area (Å²) in [6.07, 6.45) is -3.30. The van der Waals surface area contributed by atoms with E-state index in [-0.39, 0.29) is 16.0 Å². The van der Waals surface area contributed by atoms with Crippen molar-refractivity contribution in [3.63, 3.8) is 0 Å². The number of halogens is 3. The number of carboxylic acid groups (broad SMARTS) is 1. The molecule has 1 heterocycles. The molecule has 0 aliphatic rings. The summed E-state index contributed by atoms with van der Waals surface area (Å²) >= 11 is 2.91. The number of nitrogens with zero attached hydrogens (tertiary/aromatic N) is 1. The molecule has 1 aromatic rings. The van der Waals surface area contributed by atoms with Gasteiger partial charge in [-0.1, -0.05) is 0 Å². The van der Waals surface area contributed by atoms with Crippen molar-refractivity contribution in [1.29, 1.82) is 0 Å². The number of hydrogen-bond donors (Lipinski definition) is 2. The lowest BCUT2D eigenvalue weighted by atomic mass is 10.1. The van der Waals surface area contributed by atoms with Crippen LogP contribution in [-0.4, -0.2) is 16.1 Å². The fourth-order valence-electron chi connectivity index (χ4n) is 1.10. The lowest BCUT2D eigenvalue weighted by Crippen LogP contribution is -2.07. The molecule has 0 amide bonds. The fraction of sp³-hybridized carbons (Fsp3) is 0.250. The number of anilines is 1. The van der Waals surface area contributed by atoms with Crippen LogP contribution in [0.15, 0.2) is 10.7 Å². The van der Waals surface area contributed by atoms with Gasteiger partial charge < -0.3 is 10.8 Å². The molecule has 1 rings (SSSR count). The molecule has 4 nitrogen and oxygen atoms in total. The van der Waals surface area contributed by atoms with Gasteiger partial charge in [-0.05, 0) is 22.0 Å². The number of nitrogens with two attached hydrogens (primary N) is 1. The van der Waals surface area contributed by atoms with E-state index in [0.29, 0.717) is 0 Å². The summed E-state index contributed by atoms with van der Waals surface area (Å²) in [6, 6.07) is 0.980. The zero-order valence-electron chi connectivity index (χ0n) is 7.38. The predicted octanol–water partition coefficient (Wildman–Crippen LogP) is 1.99.